The van der Waals surface area contributed by atoms with Gasteiger partial charge in [-0.2, -0.15) is 0 Å². The Morgan fingerprint density at radius 3 is 2.62 bits per heavy atom. The van der Waals surface area contributed by atoms with Crippen molar-refractivity contribution in [2.45, 2.75) is 25.8 Å². The smallest absolute Gasteiger partial charge is 0.226 e. The number of hydrogen-bond acceptors (Lipinski definition) is 4. The first-order chi connectivity index (χ1) is 15.7. The van der Waals surface area contributed by atoms with Gasteiger partial charge in [-0.1, -0.05) is 42.5 Å². The molecule has 0 spiro atoms. The molecule has 1 aromatic carbocycles. The Kier molecular flexibility index (Phi) is 7.07. The van der Waals surface area contributed by atoms with Gasteiger partial charge >= 0.3 is 0 Å². The standard InChI is InChI=1S/C27H30N4O/c1-2-13-30-26(32)27(11-16-31(17-12-27)21-25-10-3-4-15-29-25)19-22-7-5-8-23(18-22)24-9-6-14-28-20-24/h2-10,14-15,18,20H,1,11-13,16-17,19,21H2,(H,30,32). The molecule has 1 fully saturated rings. The third-order valence-electron chi connectivity index (χ3n) is 6.28. The van der Waals surface area contributed by atoms with Crippen LogP contribution in [0.25, 0.3) is 11.1 Å². The van der Waals surface area contributed by atoms with Crippen molar-refractivity contribution in [2.24, 2.45) is 5.41 Å². The Bertz CT molecular complexity index is 1030. The van der Waals surface area contributed by atoms with Gasteiger partial charge in [0, 0.05) is 31.7 Å². The molecule has 0 radical (unpaired) electrons. The van der Waals surface area contributed by atoms with E-state index in [0.717, 1.165) is 55.7 Å². The SMILES string of the molecule is C=CCNC(=O)C1(Cc2cccc(-c3cccnc3)c2)CCN(Cc2ccccn2)CC1. The van der Waals surface area contributed by atoms with E-state index >= 15 is 0 Å². The Labute approximate surface area is 190 Å². The topological polar surface area (TPSA) is 58.1 Å². The lowest BCUT2D eigenvalue weighted by Gasteiger charge is -2.40. The first kappa shape index (κ1) is 21.9. The van der Waals surface area contributed by atoms with Crippen molar-refractivity contribution >= 4 is 5.91 Å². The van der Waals surface area contributed by atoms with Crippen LogP contribution in [0.5, 0.6) is 0 Å². The molecule has 0 saturated carbocycles. The first-order valence-corrected chi connectivity index (χ1v) is 11.2. The van der Waals surface area contributed by atoms with Crippen molar-refractivity contribution in [3.63, 3.8) is 0 Å². The number of rotatable bonds is 8. The second-order valence-electron chi connectivity index (χ2n) is 8.50. The third-order valence-corrected chi connectivity index (χ3v) is 6.28. The third kappa shape index (κ3) is 5.29. The van der Waals surface area contributed by atoms with Crippen LogP contribution < -0.4 is 5.32 Å². The molecule has 1 aliphatic rings. The average molecular weight is 427 g/mol. The Hall–Kier alpha value is -3.31. The summed E-state index contributed by atoms with van der Waals surface area (Å²) in [4.78, 5) is 24.4. The number of aromatic nitrogens is 2. The van der Waals surface area contributed by atoms with Crippen LogP contribution >= 0.6 is 0 Å². The number of pyridine rings is 2. The second-order valence-corrected chi connectivity index (χ2v) is 8.50. The normalized spacial score (nSPS) is 15.8. The van der Waals surface area contributed by atoms with E-state index in [1.165, 1.54) is 5.56 Å². The molecule has 1 N–H and O–H groups in total. The minimum absolute atomic E-state index is 0.127. The maximum absolute atomic E-state index is 13.3. The van der Waals surface area contributed by atoms with Crippen LogP contribution in [0, 0.1) is 5.41 Å². The van der Waals surface area contributed by atoms with Crippen molar-refractivity contribution in [3.05, 3.63) is 97.1 Å². The number of hydrogen-bond donors (Lipinski definition) is 1. The number of benzene rings is 1. The first-order valence-electron chi connectivity index (χ1n) is 11.2. The second kappa shape index (κ2) is 10.3. The zero-order chi connectivity index (χ0) is 22.2. The van der Waals surface area contributed by atoms with Gasteiger partial charge in [-0.05, 0) is 67.2 Å². The number of nitrogens with one attached hydrogen (secondary N) is 1. The van der Waals surface area contributed by atoms with Crippen LogP contribution in [0.1, 0.15) is 24.1 Å². The van der Waals surface area contributed by atoms with Gasteiger partial charge in [-0.25, -0.2) is 0 Å². The zero-order valence-corrected chi connectivity index (χ0v) is 18.4. The number of carbonyl (C=O) groups excluding carboxylic acids is 1. The molecule has 0 aliphatic carbocycles. The monoisotopic (exact) mass is 426 g/mol. The van der Waals surface area contributed by atoms with Crippen molar-refractivity contribution in [2.75, 3.05) is 19.6 Å². The minimum Gasteiger partial charge on any atom is -0.352 e. The maximum Gasteiger partial charge on any atom is 0.226 e. The summed E-state index contributed by atoms with van der Waals surface area (Å²) in [6, 6.07) is 18.5. The number of piperidine rings is 1. The Morgan fingerprint density at radius 1 is 1.06 bits per heavy atom. The quantitative estimate of drug-likeness (QED) is 0.547. The number of amides is 1. The predicted molar refractivity (Wildman–Crippen MR) is 128 cm³/mol. The van der Waals surface area contributed by atoms with Crippen LogP contribution in [-0.4, -0.2) is 40.4 Å². The van der Waals surface area contributed by atoms with Crippen molar-refractivity contribution < 1.29 is 4.79 Å². The highest BCUT2D eigenvalue weighted by Crippen LogP contribution is 2.37. The molecular weight excluding hydrogens is 396 g/mol. The molecule has 164 valence electrons. The van der Waals surface area contributed by atoms with Gasteiger partial charge in [0.2, 0.25) is 5.91 Å². The van der Waals surface area contributed by atoms with Crippen LogP contribution in [0.4, 0.5) is 0 Å². The van der Waals surface area contributed by atoms with Gasteiger partial charge < -0.3 is 5.32 Å². The molecule has 0 bridgehead atoms. The average Bonchev–Trinajstić information content (AvgIpc) is 2.85. The van der Waals surface area contributed by atoms with E-state index in [1.807, 2.05) is 30.6 Å². The lowest BCUT2D eigenvalue weighted by Crippen LogP contribution is -2.50. The molecule has 0 unspecified atom stereocenters. The van der Waals surface area contributed by atoms with Crippen LogP contribution in [0.15, 0.2) is 85.8 Å². The van der Waals surface area contributed by atoms with E-state index in [2.05, 4.69) is 63.2 Å². The minimum atomic E-state index is -0.419. The number of nitrogens with zero attached hydrogens (tertiary/aromatic N) is 3. The molecule has 1 aliphatic heterocycles. The number of carbonyl (C=O) groups is 1. The van der Waals surface area contributed by atoms with Gasteiger partial charge in [0.05, 0.1) is 11.1 Å². The van der Waals surface area contributed by atoms with E-state index in [9.17, 15) is 4.79 Å². The van der Waals surface area contributed by atoms with E-state index in [-0.39, 0.29) is 5.91 Å². The molecule has 5 heteroatoms. The predicted octanol–water partition coefficient (Wildman–Crippen LogP) is 4.27. The van der Waals surface area contributed by atoms with Crippen molar-refractivity contribution in [1.82, 2.24) is 20.2 Å². The van der Waals surface area contributed by atoms with Gasteiger partial charge in [-0.3, -0.25) is 19.7 Å². The van der Waals surface area contributed by atoms with Crippen molar-refractivity contribution in [3.8, 4) is 11.1 Å². The van der Waals surface area contributed by atoms with Crippen molar-refractivity contribution in [1.29, 1.82) is 0 Å². The van der Waals surface area contributed by atoms with E-state index in [1.54, 1.807) is 12.3 Å². The summed E-state index contributed by atoms with van der Waals surface area (Å²) in [5, 5.41) is 3.08. The van der Waals surface area contributed by atoms with Gasteiger partial charge in [0.25, 0.3) is 0 Å². The molecule has 5 nitrogen and oxygen atoms in total. The molecular formula is C27H30N4O. The maximum atomic E-state index is 13.3. The highest BCUT2D eigenvalue weighted by atomic mass is 16.2. The summed E-state index contributed by atoms with van der Waals surface area (Å²) in [7, 11) is 0. The van der Waals surface area contributed by atoms with Crippen LogP contribution in [0.3, 0.4) is 0 Å². The summed E-state index contributed by atoms with van der Waals surface area (Å²) in [6.07, 6.45) is 9.60. The molecule has 3 heterocycles. The zero-order valence-electron chi connectivity index (χ0n) is 18.4. The van der Waals surface area contributed by atoms with Gasteiger partial charge in [0.1, 0.15) is 0 Å². The summed E-state index contributed by atoms with van der Waals surface area (Å²) in [6.45, 7) is 6.82. The largest absolute Gasteiger partial charge is 0.352 e. The summed E-state index contributed by atoms with van der Waals surface area (Å²) in [5.41, 5.74) is 4.05. The van der Waals surface area contributed by atoms with E-state index in [0.29, 0.717) is 6.54 Å². The molecule has 1 saturated heterocycles. The summed E-state index contributed by atoms with van der Waals surface area (Å²) < 4.78 is 0. The molecule has 1 amide bonds. The van der Waals surface area contributed by atoms with Crippen LogP contribution in [-0.2, 0) is 17.8 Å². The van der Waals surface area contributed by atoms with Gasteiger partial charge in [-0.15, -0.1) is 6.58 Å². The van der Waals surface area contributed by atoms with E-state index in [4.69, 9.17) is 0 Å². The molecule has 4 rings (SSSR count). The summed E-state index contributed by atoms with van der Waals surface area (Å²) >= 11 is 0. The molecule has 32 heavy (non-hydrogen) atoms. The fourth-order valence-electron chi connectivity index (χ4n) is 4.48. The fraction of sp³-hybridized carbons (Fsp3) is 0.296. The lowest BCUT2D eigenvalue weighted by atomic mass is 9.72. The number of likely N-dealkylation sites (tertiary alicyclic amines) is 1. The van der Waals surface area contributed by atoms with Crippen LogP contribution in [0.2, 0.25) is 0 Å². The fourth-order valence-corrected chi connectivity index (χ4v) is 4.48. The summed E-state index contributed by atoms with van der Waals surface area (Å²) in [5.74, 6) is 0.127. The lowest BCUT2D eigenvalue weighted by molar-refractivity contribution is -0.133. The highest BCUT2D eigenvalue weighted by Gasteiger charge is 2.41. The molecule has 0 atom stereocenters. The Morgan fingerprint density at radius 2 is 1.91 bits per heavy atom. The van der Waals surface area contributed by atoms with Gasteiger partial charge in [0.15, 0.2) is 0 Å². The molecule has 2 aromatic heterocycles. The highest BCUT2D eigenvalue weighted by molar-refractivity contribution is 5.83. The molecule has 3 aromatic rings. The van der Waals surface area contributed by atoms with E-state index < -0.39 is 5.41 Å². The Balaban J connectivity index is 1.51.